The van der Waals surface area contributed by atoms with E-state index < -0.39 is 0 Å². The van der Waals surface area contributed by atoms with Crippen molar-refractivity contribution in [1.29, 1.82) is 0 Å². The van der Waals surface area contributed by atoms with Crippen molar-refractivity contribution < 1.29 is 9.26 Å². The van der Waals surface area contributed by atoms with Crippen LogP contribution in [0.5, 0.6) is 5.75 Å². The van der Waals surface area contributed by atoms with E-state index in [0.717, 1.165) is 23.1 Å². The summed E-state index contributed by atoms with van der Waals surface area (Å²) in [5.41, 5.74) is 4.01. The highest BCUT2D eigenvalue weighted by molar-refractivity contribution is 6.32. The molecule has 0 saturated heterocycles. The van der Waals surface area contributed by atoms with Gasteiger partial charge in [0.15, 0.2) is 0 Å². The monoisotopic (exact) mass is 390 g/mol. The molecule has 4 nitrogen and oxygen atoms in total. The van der Waals surface area contributed by atoms with Crippen LogP contribution in [0.25, 0.3) is 22.8 Å². The van der Waals surface area contributed by atoms with Gasteiger partial charge in [-0.2, -0.15) is 4.98 Å². The maximum atomic E-state index is 6.40. The van der Waals surface area contributed by atoms with Crippen molar-refractivity contribution in [1.82, 2.24) is 10.1 Å². The van der Waals surface area contributed by atoms with Crippen LogP contribution in [-0.4, -0.2) is 16.7 Å². The van der Waals surface area contributed by atoms with Crippen LogP contribution in [0, 0.1) is 6.92 Å². The predicted octanol–water partition coefficient (Wildman–Crippen LogP) is 5.99. The number of halogens is 1. The molecule has 0 aliphatic carbocycles. The van der Waals surface area contributed by atoms with Gasteiger partial charge in [0, 0.05) is 17.5 Å². The number of rotatable bonds is 6. The zero-order valence-corrected chi connectivity index (χ0v) is 16.2. The van der Waals surface area contributed by atoms with Crippen LogP contribution in [0.1, 0.15) is 11.1 Å². The van der Waals surface area contributed by atoms with Gasteiger partial charge in [0.25, 0.3) is 5.89 Å². The first-order valence-corrected chi connectivity index (χ1v) is 9.45. The first-order chi connectivity index (χ1) is 13.7. The Morgan fingerprint density at radius 3 is 2.54 bits per heavy atom. The van der Waals surface area contributed by atoms with Gasteiger partial charge in [0.05, 0.1) is 11.6 Å². The molecular formula is C23H19ClN2O2. The summed E-state index contributed by atoms with van der Waals surface area (Å²) >= 11 is 6.40. The molecule has 140 valence electrons. The third kappa shape index (κ3) is 4.07. The van der Waals surface area contributed by atoms with E-state index in [0.29, 0.717) is 29.1 Å². The van der Waals surface area contributed by atoms with Crippen LogP contribution in [-0.2, 0) is 6.42 Å². The van der Waals surface area contributed by atoms with Crippen LogP contribution in [0.15, 0.2) is 77.3 Å². The summed E-state index contributed by atoms with van der Waals surface area (Å²) in [7, 11) is 0. The summed E-state index contributed by atoms with van der Waals surface area (Å²) in [6.07, 6.45) is 0.823. The van der Waals surface area contributed by atoms with Crippen molar-refractivity contribution in [3.63, 3.8) is 0 Å². The van der Waals surface area contributed by atoms with Crippen LogP contribution in [0.2, 0.25) is 5.02 Å². The molecule has 0 aliphatic rings. The summed E-state index contributed by atoms with van der Waals surface area (Å²) in [5.74, 6) is 1.63. The van der Waals surface area contributed by atoms with Gasteiger partial charge >= 0.3 is 0 Å². The number of nitrogens with zero attached hydrogens (tertiary/aromatic N) is 2. The lowest BCUT2D eigenvalue weighted by molar-refractivity contribution is 0.322. The lowest BCUT2D eigenvalue weighted by atomic mass is 10.1. The molecule has 3 aromatic carbocycles. The normalized spacial score (nSPS) is 10.8. The molecule has 0 radical (unpaired) electrons. The summed E-state index contributed by atoms with van der Waals surface area (Å²) < 4.78 is 11.3. The van der Waals surface area contributed by atoms with Crippen LogP contribution >= 0.6 is 11.6 Å². The molecule has 4 rings (SSSR count). The van der Waals surface area contributed by atoms with Gasteiger partial charge in [-0.05, 0) is 42.3 Å². The molecule has 0 unspecified atom stereocenters. The van der Waals surface area contributed by atoms with Crippen molar-refractivity contribution in [2.45, 2.75) is 13.3 Å². The topological polar surface area (TPSA) is 48.2 Å². The Morgan fingerprint density at radius 1 is 0.964 bits per heavy atom. The maximum Gasteiger partial charge on any atom is 0.258 e. The van der Waals surface area contributed by atoms with Gasteiger partial charge in [0.1, 0.15) is 5.75 Å². The van der Waals surface area contributed by atoms with Crippen molar-refractivity contribution in [2.75, 3.05) is 6.61 Å². The molecule has 0 saturated carbocycles. The molecule has 0 fully saturated rings. The van der Waals surface area contributed by atoms with Crippen LogP contribution in [0.3, 0.4) is 0 Å². The largest absolute Gasteiger partial charge is 0.492 e. The van der Waals surface area contributed by atoms with Gasteiger partial charge in [-0.15, -0.1) is 0 Å². The highest BCUT2D eigenvalue weighted by atomic mass is 35.5. The smallest absolute Gasteiger partial charge is 0.258 e. The van der Waals surface area contributed by atoms with E-state index in [1.54, 1.807) is 6.07 Å². The Hall–Kier alpha value is -3.11. The number of hydrogen-bond acceptors (Lipinski definition) is 4. The molecule has 1 aromatic heterocycles. The summed E-state index contributed by atoms with van der Waals surface area (Å²) in [5, 5.41) is 4.61. The fourth-order valence-electron chi connectivity index (χ4n) is 2.94. The first-order valence-electron chi connectivity index (χ1n) is 9.07. The average molecular weight is 391 g/mol. The molecule has 4 aromatic rings. The second-order valence-electron chi connectivity index (χ2n) is 6.47. The van der Waals surface area contributed by atoms with Crippen molar-refractivity contribution >= 4 is 11.6 Å². The van der Waals surface area contributed by atoms with Crippen molar-refractivity contribution in [3.8, 4) is 28.6 Å². The lowest BCUT2D eigenvalue weighted by Crippen LogP contribution is -2.01. The van der Waals surface area contributed by atoms with Gasteiger partial charge in [0.2, 0.25) is 5.82 Å². The Labute approximate surface area is 168 Å². The number of aromatic nitrogens is 2. The van der Waals surface area contributed by atoms with Crippen molar-refractivity contribution in [2.24, 2.45) is 0 Å². The highest BCUT2D eigenvalue weighted by Gasteiger charge is 2.13. The molecule has 0 aliphatic heterocycles. The van der Waals surface area contributed by atoms with E-state index in [2.05, 4.69) is 22.3 Å². The molecule has 1 heterocycles. The van der Waals surface area contributed by atoms with Gasteiger partial charge in [-0.1, -0.05) is 65.3 Å². The highest BCUT2D eigenvalue weighted by Crippen LogP contribution is 2.31. The minimum absolute atomic E-state index is 0.493. The lowest BCUT2D eigenvalue weighted by Gasteiger charge is -2.08. The Balaban J connectivity index is 1.47. The quantitative estimate of drug-likeness (QED) is 0.406. The molecule has 28 heavy (non-hydrogen) atoms. The van der Waals surface area contributed by atoms with E-state index in [-0.39, 0.29) is 0 Å². The second kappa shape index (κ2) is 8.28. The predicted molar refractivity (Wildman–Crippen MR) is 111 cm³/mol. The van der Waals surface area contributed by atoms with Gasteiger partial charge in [-0.3, -0.25) is 0 Å². The fourth-order valence-corrected chi connectivity index (χ4v) is 3.18. The van der Waals surface area contributed by atoms with E-state index in [9.17, 15) is 0 Å². The Kier molecular flexibility index (Phi) is 5.40. The third-order valence-electron chi connectivity index (χ3n) is 4.48. The van der Waals surface area contributed by atoms with E-state index >= 15 is 0 Å². The Morgan fingerprint density at radius 2 is 1.75 bits per heavy atom. The van der Waals surface area contributed by atoms with E-state index in [4.69, 9.17) is 20.9 Å². The van der Waals surface area contributed by atoms with E-state index in [1.807, 2.05) is 61.5 Å². The van der Waals surface area contributed by atoms with Gasteiger partial charge < -0.3 is 9.26 Å². The molecule has 0 atom stereocenters. The van der Waals surface area contributed by atoms with Crippen molar-refractivity contribution in [3.05, 3.63) is 88.9 Å². The second-order valence-corrected chi connectivity index (χ2v) is 6.87. The number of ether oxygens (including phenoxy) is 1. The minimum Gasteiger partial charge on any atom is -0.492 e. The van der Waals surface area contributed by atoms with Crippen LogP contribution in [0.4, 0.5) is 0 Å². The number of aryl methyl sites for hydroxylation is 1. The van der Waals surface area contributed by atoms with E-state index in [1.165, 1.54) is 5.56 Å². The van der Waals surface area contributed by atoms with Gasteiger partial charge in [-0.25, -0.2) is 0 Å². The standard InChI is InChI=1S/C23H19ClN2O2/c1-16-7-5-6-10-19(16)23-25-22(26-28-23)18-11-12-21(20(24)15-18)27-14-13-17-8-3-2-4-9-17/h2-12,15H,13-14H2,1H3. The Bertz CT molecular complexity index is 1080. The average Bonchev–Trinajstić information content (AvgIpc) is 3.20. The fraction of sp³-hybridized carbons (Fsp3) is 0.130. The first kappa shape index (κ1) is 18.3. The maximum absolute atomic E-state index is 6.40. The summed E-state index contributed by atoms with van der Waals surface area (Å²) in [4.78, 5) is 4.51. The molecular weight excluding hydrogens is 372 g/mol. The molecule has 0 N–H and O–H groups in total. The number of benzene rings is 3. The number of hydrogen-bond donors (Lipinski definition) is 0. The minimum atomic E-state index is 0.493. The zero-order chi connectivity index (χ0) is 19.3. The third-order valence-corrected chi connectivity index (χ3v) is 4.78. The van der Waals surface area contributed by atoms with Crippen LogP contribution < -0.4 is 4.74 Å². The molecule has 5 heteroatoms. The molecule has 0 amide bonds. The SMILES string of the molecule is Cc1ccccc1-c1nc(-c2ccc(OCCc3ccccc3)c(Cl)c2)no1. The summed E-state index contributed by atoms with van der Waals surface area (Å²) in [6, 6.07) is 23.6. The summed E-state index contributed by atoms with van der Waals surface area (Å²) in [6.45, 7) is 2.57. The molecule has 0 bridgehead atoms. The zero-order valence-electron chi connectivity index (χ0n) is 15.4. The molecule has 0 spiro atoms.